The summed E-state index contributed by atoms with van der Waals surface area (Å²) in [5, 5.41) is 8.94. The van der Waals surface area contributed by atoms with Crippen LogP contribution in [0.1, 0.15) is 4.88 Å². The van der Waals surface area contributed by atoms with Crippen molar-refractivity contribution in [1.82, 2.24) is 24.6 Å². The van der Waals surface area contributed by atoms with Crippen LogP contribution in [0.5, 0.6) is 0 Å². The van der Waals surface area contributed by atoms with Crippen molar-refractivity contribution in [2.24, 2.45) is 0 Å². The lowest BCUT2D eigenvalue weighted by Crippen LogP contribution is -2.31. The van der Waals surface area contributed by atoms with Crippen molar-refractivity contribution in [3.63, 3.8) is 0 Å². The number of nitrogens with zero attached hydrogens (tertiary/aromatic N) is 4. The van der Waals surface area contributed by atoms with E-state index >= 15 is 0 Å². The monoisotopic (exact) mass is 341 g/mol. The fourth-order valence-electron chi connectivity index (χ4n) is 2.02. The Kier molecular flexibility index (Phi) is 4.97. The van der Waals surface area contributed by atoms with Gasteiger partial charge in [0.1, 0.15) is 6.33 Å². The second kappa shape index (κ2) is 7.51. The molecular formula is C16H15N5O2S. The standard InChI is InChI=1S/C16H15N5O2S/c22-15(5-3-13-2-1-11-24-13)18-8-10-21-16(23)6-4-14(19-21)20-9-7-17-12-20/h1-7,9,11-12H,8,10H2,(H,18,22)/b5-3+. The maximum absolute atomic E-state index is 11.8. The van der Waals surface area contributed by atoms with Crippen molar-refractivity contribution >= 4 is 23.3 Å². The topological polar surface area (TPSA) is 81.8 Å². The van der Waals surface area contributed by atoms with E-state index in [0.29, 0.717) is 18.9 Å². The van der Waals surface area contributed by atoms with E-state index in [9.17, 15) is 9.59 Å². The van der Waals surface area contributed by atoms with E-state index in [1.807, 2.05) is 17.5 Å². The zero-order chi connectivity index (χ0) is 16.8. The third kappa shape index (κ3) is 4.05. The molecule has 0 bridgehead atoms. The molecule has 0 aliphatic heterocycles. The Morgan fingerprint density at radius 1 is 1.33 bits per heavy atom. The van der Waals surface area contributed by atoms with Crippen molar-refractivity contribution < 1.29 is 4.79 Å². The minimum atomic E-state index is -0.220. The first-order valence-corrected chi connectivity index (χ1v) is 8.16. The minimum Gasteiger partial charge on any atom is -0.351 e. The Bertz CT molecular complexity index is 882. The maximum Gasteiger partial charge on any atom is 0.266 e. The Labute approximate surface area is 141 Å². The average Bonchev–Trinajstić information content (AvgIpc) is 3.28. The normalized spacial score (nSPS) is 11.0. The molecule has 0 unspecified atom stereocenters. The van der Waals surface area contributed by atoms with Crippen LogP contribution in [0.4, 0.5) is 0 Å². The molecule has 7 nitrogen and oxygen atoms in total. The zero-order valence-electron chi connectivity index (χ0n) is 12.7. The SMILES string of the molecule is O=C(/C=C/c1cccs1)NCCn1nc(-n2ccnc2)ccc1=O. The first-order chi connectivity index (χ1) is 11.7. The third-order valence-electron chi connectivity index (χ3n) is 3.19. The lowest BCUT2D eigenvalue weighted by atomic mass is 10.4. The molecule has 0 atom stereocenters. The molecule has 0 saturated heterocycles. The molecule has 3 aromatic heterocycles. The van der Waals surface area contributed by atoms with Gasteiger partial charge >= 0.3 is 0 Å². The van der Waals surface area contributed by atoms with Crippen LogP contribution in [-0.2, 0) is 11.3 Å². The van der Waals surface area contributed by atoms with E-state index in [0.717, 1.165) is 4.88 Å². The molecule has 0 radical (unpaired) electrons. The molecule has 3 aromatic rings. The van der Waals surface area contributed by atoms with Crippen LogP contribution < -0.4 is 10.9 Å². The van der Waals surface area contributed by atoms with E-state index in [1.54, 1.807) is 46.8 Å². The highest BCUT2D eigenvalue weighted by Gasteiger charge is 2.03. The molecule has 0 aromatic carbocycles. The molecule has 8 heteroatoms. The number of hydrogen-bond acceptors (Lipinski definition) is 5. The summed E-state index contributed by atoms with van der Waals surface area (Å²) in [7, 11) is 0. The van der Waals surface area contributed by atoms with Gasteiger partial charge < -0.3 is 5.32 Å². The van der Waals surface area contributed by atoms with Gasteiger partial charge in [-0.25, -0.2) is 9.67 Å². The third-order valence-corrected chi connectivity index (χ3v) is 4.02. The first-order valence-electron chi connectivity index (χ1n) is 7.28. The predicted octanol–water partition coefficient (Wildman–Crippen LogP) is 1.32. The van der Waals surface area contributed by atoms with Crippen molar-refractivity contribution in [3.8, 4) is 5.82 Å². The van der Waals surface area contributed by atoms with Crippen LogP contribution in [0.3, 0.4) is 0 Å². The smallest absolute Gasteiger partial charge is 0.266 e. The number of carbonyl (C=O) groups is 1. The van der Waals surface area contributed by atoms with E-state index in [-0.39, 0.29) is 11.5 Å². The molecular weight excluding hydrogens is 326 g/mol. The Morgan fingerprint density at radius 3 is 3.00 bits per heavy atom. The summed E-state index contributed by atoms with van der Waals surface area (Å²) in [5.41, 5.74) is -0.220. The summed E-state index contributed by atoms with van der Waals surface area (Å²) in [6, 6.07) is 6.93. The van der Waals surface area contributed by atoms with Crippen molar-refractivity contribution in [2.45, 2.75) is 6.54 Å². The van der Waals surface area contributed by atoms with Gasteiger partial charge in [0.15, 0.2) is 5.82 Å². The molecule has 0 aliphatic rings. The molecule has 1 N–H and O–H groups in total. The van der Waals surface area contributed by atoms with Crippen LogP contribution >= 0.6 is 11.3 Å². The highest BCUT2D eigenvalue weighted by molar-refractivity contribution is 7.10. The minimum absolute atomic E-state index is 0.206. The number of aromatic nitrogens is 4. The molecule has 0 spiro atoms. The summed E-state index contributed by atoms with van der Waals surface area (Å²) < 4.78 is 3.02. The lowest BCUT2D eigenvalue weighted by molar-refractivity contribution is -0.116. The lowest BCUT2D eigenvalue weighted by Gasteiger charge is -2.07. The Hall–Kier alpha value is -3.00. The van der Waals surface area contributed by atoms with Crippen molar-refractivity contribution in [3.05, 3.63) is 69.7 Å². The summed E-state index contributed by atoms with van der Waals surface area (Å²) >= 11 is 1.56. The molecule has 0 fully saturated rings. The largest absolute Gasteiger partial charge is 0.351 e. The number of hydrogen-bond donors (Lipinski definition) is 1. The summed E-state index contributed by atoms with van der Waals surface area (Å²) in [4.78, 5) is 28.6. The number of imidazole rings is 1. The van der Waals surface area contributed by atoms with E-state index in [4.69, 9.17) is 0 Å². The first kappa shape index (κ1) is 15.9. The number of carbonyl (C=O) groups excluding carboxylic acids is 1. The van der Waals surface area contributed by atoms with Crippen LogP contribution in [0.2, 0.25) is 0 Å². The summed E-state index contributed by atoms with van der Waals surface area (Å²) in [5.74, 6) is 0.387. The van der Waals surface area contributed by atoms with Gasteiger partial charge in [0.05, 0.1) is 6.54 Å². The van der Waals surface area contributed by atoms with Gasteiger partial charge in [-0.3, -0.25) is 14.2 Å². The summed E-state index contributed by atoms with van der Waals surface area (Å²) in [6.45, 7) is 0.605. The Balaban J connectivity index is 1.57. The van der Waals surface area contributed by atoms with Crippen LogP contribution in [0.25, 0.3) is 11.9 Å². The molecule has 1 amide bonds. The zero-order valence-corrected chi connectivity index (χ0v) is 13.5. The van der Waals surface area contributed by atoms with Gasteiger partial charge in [-0.1, -0.05) is 6.07 Å². The van der Waals surface area contributed by atoms with Crippen LogP contribution in [-0.4, -0.2) is 31.8 Å². The van der Waals surface area contributed by atoms with Crippen molar-refractivity contribution in [1.29, 1.82) is 0 Å². The molecule has 122 valence electrons. The second-order valence-corrected chi connectivity index (χ2v) is 5.84. The van der Waals surface area contributed by atoms with Gasteiger partial charge in [0, 0.05) is 36.0 Å². The van der Waals surface area contributed by atoms with E-state index in [1.165, 1.54) is 16.8 Å². The molecule has 0 aliphatic carbocycles. The predicted molar refractivity (Wildman–Crippen MR) is 92.0 cm³/mol. The van der Waals surface area contributed by atoms with E-state index < -0.39 is 0 Å². The quantitative estimate of drug-likeness (QED) is 0.686. The highest BCUT2D eigenvalue weighted by Crippen LogP contribution is 2.09. The number of rotatable bonds is 6. The number of amides is 1. The van der Waals surface area contributed by atoms with Gasteiger partial charge in [-0.2, -0.15) is 5.10 Å². The molecule has 24 heavy (non-hydrogen) atoms. The second-order valence-electron chi connectivity index (χ2n) is 4.86. The fraction of sp³-hybridized carbons (Fsp3) is 0.125. The fourth-order valence-corrected chi connectivity index (χ4v) is 2.64. The maximum atomic E-state index is 11.8. The molecule has 0 saturated carbocycles. The van der Waals surface area contributed by atoms with Gasteiger partial charge in [0.25, 0.3) is 5.56 Å². The van der Waals surface area contributed by atoms with Gasteiger partial charge in [0.2, 0.25) is 5.91 Å². The summed E-state index contributed by atoms with van der Waals surface area (Å²) in [6.07, 6.45) is 8.22. The molecule has 3 rings (SSSR count). The Morgan fingerprint density at radius 2 is 2.25 bits per heavy atom. The van der Waals surface area contributed by atoms with E-state index in [2.05, 4.69) is 15.4 Å². The highest BCUT2D eigenvalue weighted by atomic mass is 32.1. The molecule has 3 heterocycles. The van der Waals surface area contributed by atoms with Gasteiger partial charge in [-0.05, 0) is 23.6 Å². The van der Waals surface area contributed by atoms with Crippen LogP contribution in [0, 0.1) is 0 Å². The van der Waals surface area contributed by atoms with Gasteiger partial charge in [-0.15, -0.1) is 11.3 Å². The average molecular weight is 341 g/mol. The number of nitrogens with one attached hydrogen (secondary N) is 1. The van der Waals surface area contributed by atoms with Crippen molar-refractivity contribution in [2.75, 3.05) is 6.54 Å². The number of thiophene rings is 1. The van der Waals surface area contributed by atoms with Crippen LogP contribution in [0.15, 0.2) is 59.2 Å².